The Kier molecular flexibility index (Phi) is 9.13. The summed E-state index contributed by atoms with van der Waals surface area (Å²) in [6.45, 7) is 6.57. The van der Waals surface area contributed by atoms with Crippen molar-refractivity contribution in [1.82, 2.24) is 23.9 Å². The van der Waals surface area contributed by atoms with E-state index in [1.807, 2.05) is 24.0 Å². The standard InChI is InChI=1S/C30H38F3N5O3/c1-2-18-41-19-17-37-27-20-24(30(31,32)33)3-4-26(27)38(29(37)40)25-9-15-36(16-10-25)28(39)23-7-13-35(14-8-23)21-22-5-11-34-12-6-22/h3-6,11-12,20,23,25H,2,7-10,13-19,21H2,1H3. The fraction of sp³-hybridized carbons (Fsp3) is 0.567. The lowest BCUT2D eigenvalue weighted by molar-refractivity contribution is -0.138. The van der Waals surface area contributed by atoms with Crippen LogP contribution in [0.2, 0.25) is 0 Å². The normalized spacial score (nSPS) is 17.9. The van der Waals surface area contributed by atoms with Crippen LogP contribution in [-0.4, -0.2) is 69.2 Å². The molecule has 4 heterocycles. The van der Waals surface area contributed by atoms with Gasteiger partial charge < -0.3 is 9.64 Å². The van der Waals surface area contributed by atoms with Crippen LogP contribution in [0.15, 0.2) is 47.5 Å². The van der Waals surface area contributed by atoms with Crippen molar-refractivity contribution >= 4 is 16.9 Å². The minimum absolute atomic E-state index is 0.00575. The fourth-order valence-electron chi connectivity index (χ4n) is 6.11. The first-order chi connectivity index (χ1) is 19.8. The first-order valence-electron chi connectivity index (χ1n) is 14.6. The molecule has 41 heavy (non-hydrogen) atoms. The van der Waals surface area contributed by atoms with Crippen LogP contribution in [-0.2, 0) is 28.8 Å². The Balaban J connectivity index is 1.24. The van der Waals surface area contributed by atoms with E-state index in [9.17, 15) is 22.8 Å². The Morgan fingerprint density at radius 1 is 0.976 bits per heavy atom. The van der Waals surface area contributed by atoms with Crippen LogP contribution in [0, 0.1) is 5.92 Å². The predicted molar refractivity (Wildman–Crippen MR) is 149 cm³/mol. The highest BCUT2D eigenvalue weighted by molar-refractivity contribution is 5.79. The predicted octanol–water partition coefficient (Wildman–Crippen LogP) is 4.72. The summed E-state index contributed by atoms with van der Waals surface area (Å²) < 4.78 is 49.0. The molecule has 1 aromatic carbocycles. The maximum atomic E-state index is 13.5. The summed E-state index contributed by atoms with van der Waals surface area (Å²) in [6, 6.07) is 7.34. The minimum Gasteiger partial charge on any atom is -0.380 e. The number of hydrogen-bond acceptors (Lipinski definition) is 5. The molecule has 3 aromatic rings. The Morgan fingerprint density at radius 2 is 1.68 bits per heavy atom. The summed E-state index contributed by atoms with van der Waals surface area (Å²) in [5, 5.41) is 0. The summed E-state index contributed by atoms with van der Waals surface area (Å²) in [7, 11) is 0. The molecule has 0 unspecified atom stereocenters. The van der Waals surface area contributed by atoms with Gasteiger partial charge in [-0.25, -0.2) is 4.79 Å². The molecule has 0 atom stereocenters. The van der Waals surface area contributed by atoms with Crippen molar-refractivity contribution in [2.75, 3.05) is 39.4 Å². The molecule has 2 fully saturated rings. The monoisotopic (exact) mass is 573 g/mol. The Hall–Kier alpha value is -3.18. The number of piperidine rings is 2. The van der Waals surface area contributed by atoms with Gasteiger partial charge in [-0.1, -0.05) is 6.92 Å². The second kappa shape index (κ2) is 12.8. The maximum absolute atomic E-state index is 13.5. The van der Waals surface area contributed by atoms with Gasteiger partial charge in [0.2, 0.25) is 5.91 Å². The van der Waals surface area contributed by atoms with Crippen molar-refractivity contribution < 1.29 is 22.7 Å². The molecule has 0 saturated carbocycles. The molecule has 222 valence electrons. The summed E-state index contributed by atoms with van der Waals surface area (Å²) in [6.07, 6.45) is 2.70. The van der Waals surface area contributed by atoms with Crippen molar-refractivity contribution in [3.05, 3.63) is 64.3 Å². The lowest BCUT2D eigenvalue weighted by Gasteiger charge is -2.37. The van der Waals surface area contributed by atoms with E-state index in [-0.39, 0.29) is 42.2 Å². The van der Waals surface area contributed by atoms with Crippen molar-refractivity contribution in [2.45, 2.75) is 64.3 Å². The van der Waals surface area contributed by atoms with E-state index in [2.05, 4.69) is 9.88 Å². The molecule has 2 aliphatic rings. The zero-order chi connectivity index (χ0) is 29.0. The number of rotatable bonds is 9. The minimum atomic E-state index is -4.50. The SMILES string of the molecule is CCCOCCn1c(=O)n(C2CCN(C(=O)C3CCN(Cc4ccncc4)CC3)CC2)c2ccc(C(F)(F)F)cc21. The van der Waals surface area contributed by atoms with E-state index in [4.69, 9.17) is 4.74 Å². The Labute approximate surface area is 237 Å². The summed E-state index contributed by atoms with van der Waals surface area (Å²) in [4.78, 5) is 35.2. The lowest BCUT2D eigenvalue weighted by Crippen LogP contribution is -2.46. The number of halogens is 3. The second-order valence-corrected chi connectivity index (χ2v) is 11.1. The quantitative estimate of drug-likeness (QED) is 0.347. The average Bonchev–Trinajstić information content (AvgIpc) is 3.25. The van der Waals surface area contributed by atoms with E-state index in [0.29, 0.717) is 38.1 Å². The van der Waals surface area contributed by atoms with Gasteiger partial charge in [0.25, 0.3) is 0 Å². The molecule has 11 heteroatoms. The van der Waals surface area contributed by atoms with Gasteiger partial charge in [-0.3, -0.25) is 23.8 Å². The highest BCUT2D eigenvalue weighted by atomic mass is 19.4. The van der Waals surface area contributed by atoms with Crippen LogP contribution in [0.25, 0.3) is 11.0 Å². The molecule has 0 N–H and O–H groups in total. The smallest absolute Gasteiger partial charge is 0.380 e. The number of aromatic nitrogens is 3. The maximum Gasteiger partial charge on any atom is 0.416 e. The van der Waals surface area contributed by atoms with Crippen molar-refractivity contribution in [3.8, 4) is 0 Å². The Bertz CT molecular complexity index is 1370. The number of nitrogens with zero attached hydrogens (tertiary/aromatic N) is 5. The van der Waals surface area contributed by atoms with Gasteiger partial charge in [-0.2, -0.15) is 13.2 Å². The molecule has 5 rings (SSSR count). The number of likely N-dealkylation sites (tertiary alicyclic amines) is 2. The molecule has 0 bridgehead atoms. The molecular weight excluding hydrogens is 535 g/mol. The fourth-order valence-corrected chi connectivity index (χ4v) is 6.11. The third kappa shape index (κ3) is 6.67. The first kappa shape index (κ1) is 29.3. The van der Waals surface area contributed by atoms with Crippen molar-refractivity contribution in [3.63, 3.8) is 0 Å². The second-order valence-electron chi connectivity index (χ2n) is 11.1. The van der Waals surface area contributed by atoms with E-state index < -0.39 is 11.7 Å². The molecule has 8 nitrogen and oxygen atoms in total. The topological polar surface area (TPSA) is 72.6 Å². The Morgan fingerprint density at radius 3 is 2.34 bits per heavy atom. The van der Waals surface area contributed by atoms with Gasteiger partial charge in [0, 0.05) is 50.6 Å². The number of ether oxygens (including phenoxy) is 1. The average molecular weight is 574 g/mol. The summed E-state index contributed by atoms with van der Waals surface area (Å²) in [5.41, 5.74) is 0.863. The van der Waals surface area contributed by atoms with Crippen molar-refractivity contribution in [1.29, 1.82) is 0 Å². The van der Waals surface area contributed by atoms with Gasteiger partial charge in [0.05, 0.1) is 29.7 Å². The van der Waals surface area contributed by atoms with Crippen molar-refractivity contribution in [2.24, 2.45) is 5.92 Å². The number of carbonyl (C=O) groups is 1. The zero-order valence-corrected chi connectivity index (χ0v) is 23.5. The van der Waals surface area contributed by atoms with Crippen LogP contribution in [0.5, 0.6) is 0 Å². The summed E-state index contributed by atoms with van der Waals surface area (Å²) in [5.74, 6) is 0.165. The molecule has 2 aromatic heterocycles. The molecule has 1 amide bonds. The third-order valence-corrected chi connectivity index (χ3v) is 8.33. The number of pyridine rings is 1. The number of benzene rings is 1. The lowest BCUT2D eigenvalue weighted by atomic mass is 9.93. The van der Waals surface area contributed by atoms with Crippen LogP contribution in [0.4, 0.5) is 13.2 Å². The molecule has 0 radical (unpaired) electrons. The van der Waals surface area contributed by atoms with Crippen LogP contribution in [0.1, 0.15) is 56.2 Å². The molecule has 2 aliphatic heterocycles. The van der Waals surface area contributed by atoms with Crippen LogP contribution >= 0.6 is 0 Å². The molecule has 2 saturated heterocycles. The number of imidazole rings is 1. The largest absolute Gasteiger partial charge is 0.416 e. The number of carbonyl (C=O) groups excluding carboxylic acids is 1. The van der Waals surface area contributed by atoms with Crippen LogP contribution in [0.3, 0.4) is 0 Å². The highest BCUT2D eigenvalue weighted by Crippen LogP contribution is 2.33. The van der Waals surface area contributed by atoms with Gasteiger partial charge >= 0.3 is 11.9 Å². The number of alkyl halides is 3. The van der Waals surface area contributed by atoms with E-state index in [1.165, 1.54) is 16.2 Å². The van der Waals surface area contributed by atoms with Gasteiger partial charge in [-0.15, -0.1) is 0 Å². The zero-order valence-electron chi connectivity index (χ0n) is 23.5. The van der Waals surface area contributed by atoms with Gasteiger partial charge in [-0.05, 0) is 81.1 Å². The van der Waals surface area contributed by atoms with E-state index in [0.717, 1.165) is 51.0 Å². The van der Waals surface area contributed by atoms with E-state index in [1.54, 1.807) is 17.0 Å². The number of amides is 1. The van der Waals surface area contributed by atoms with Gasteiger partial charge in [0.15, 0.2) is 0 Å². The first-order valence-corrected chi connectivity index (χ1v) is 14.6. The summed E-state index contributed by atoms with van der Waals surface area (Å²) >= 11 is 0. The highest BCUT2D eigenvalue weighted by Gasteiger charge is 2.34. The van der Waals surface area contributed by atoms with Gasteiger partial charge in [0.1, 0.15) is 0 Å². The molecule has 0 aliphatic carbocycles. The number of fused-ring (bicyclic) bond motifs is 1. The molecular formula is C30H38F3N5O3. The van der Waals surface area contributed by atoms with Crippen LogP contribution < -0.4 is 5.69 Å². The molecule has 0 spiro atoms. The third-order valence-electron chi connectivity index (χ3n) is 8.33. The number of hydrogen-bond donors (Lipinski definition) is 0. The van der Waals surface area contributed by atoms with E-state index >= 15 is 0 Å².